The lowest BCUT2D eigenvalue weighted by molar-refractivity contribution is 0.0340. The molecule has 1 aromatic heterocycles. The molecule has 0 saturated heterocycles. The van der Waals surface area contributed by atoms with Crippen LogP contribution >= 0.6 is 34.8 Å². The van der Waals surface area contributed by atoms with Crippen LogP contribution in [0.15, 0.2) is 65.8 Å². The lowest BCUT2D eigenvalue weighted by Crippen LogP contribution is -2.31. The Hall–Kier alpha value is -3.13. The molecule has 7 rings (SSSR count). The second kappa shape index (κ2) is 10.1. The van der Waals surface area contributed by atoms with Crippen LogP contribution < -0.4 is 4.74 Å². The first-order valence-electron chi connectivity index (χ1n) is 13.0. The molecule has 2 aliphatic carbocycles. The molecule has 3 aromatic carbocycles. The number of aromatic amines is 1. The van der Waals surface area contributed by atoms with E-state index >= 15 is 0 Å². The number of aromatic nitrogens is 4. The van der Waals surface area contributed by atoms with E-state index in [0.29, 0.717) is 45.3 Å². The third kappa shape index (κ3) is 4.88. The van der Waals surface area contributed by atoms with Crippen molar-refractivity contribution in [1.29, 1.82) is 0 Å². The minimum Gasteiger partial charge on any atom is -0.493 e. The number of H-pyrrole nitrogens is 1. The summed E-state index contributed by atoms with van der Waals surface area (Å²) in [6.07, 6.45) is 3.27. The first kappa shape index (κ1) is 24.9. The summed E-state index contributed by atoms with van der Waals surface area (Å²) in [5.74, 6) is 2.52. The molecule has 198 valence electrons. The summed E-state index contributed by atoms with van der Waals surface area (Å²) < 4.78 is 6.27. The maximum Gasteiger partial charge on any atom is 0.204 e. The largest absolute Gasteiger partial charge is 0.493 e. The van der Waals surface area contributed by atoms with E-state index in [9.17, 15) is 0 Å². The summed E-state index contributed by atoms with van der Waals surface area (Å²) in [6.45, 7) is 0.399. The highest BCUT2D eigenvalue weighted by Crippen LogP contribution is 2.56. The summed E-state index contributed by atoms with van der Waals surface area (Å²) in [5, 5.41) is 20.4. The molecule has 4 unspecified atom stereocenters. The minimum atomic E-state index is -0.0726. The Morgan fingerprint density at radius 3 is 2.41 bits per heavy atom. The molecule has 0 spiro atoms. The van der Waals surface area contributed by atoms with Gasteiger partial charge in [0, 0.05) is 16.1 Å². The fraction of sp³-hybridized carbons (Fsp3) is 0.310. The average molecular weight is 581 g/mol. The SMILES string of the molecule is Clc1cc(OCC2C(c3c(Cl)cccc3Cl)=NOC2C2CC2)ccc1C1CC1c1ccc(-c2nn[nH]n2)cc1. The maximum atomic E-state index is 6.77. The zero-order chi connectivity index (χ0) is 26.5. The smallest absolute Gasteiger partial charge is 0.204 e. The molecule has 0 amide bonds. The van der Waals surface area contributed by atoms with Crippen LogP contribution in [0.25, 0.3) is 11.4 Å². The number of oxime groups is 1. The van der Waals surface area contributed by atoms with Gasteiger partial charge in [-0.15, -0.1) is 10.2 Å². The third-order valence-corrected chi connectivity index (χ3v) is 8.82. The van der Waals surface area contributed by atoms with E-state index in [1.54, 1.807) is 0 Å². The van der Waals surface area contributed by atoms with Gasteiger partial charge in [-0.05, 0) is 77.6 Å². The Morgan fingerprint density at radius 1 is 0.923 bits per heavy atom. The van der Waals surface area contributed by atoms with Crippen LogP contribution in [0.3, 0.4) is 0 Å². The van der Waals surface area contributed by atoms with Gasteiger partial charge >= 0.3 is 0 Å². The van der Waals surface area contributed by atoms with Gasteiger partial charge < -0.3 is 9.57 Å². The lowest BCUT2D eigenvalue weighted by Gasteiger charge is -2.20. The van der Waals surface area contributed by atoms with Crippen LogP contribution in [0.1, 0.15) is 47.8 Å². The van der Waals surface area contributed by atoms with E-state index in [1.807, 2.05) is 42.5 Å². The number of tetrazole rings is 1. The van der Waals surface area contributed by atoms with Gasteiger partial charge in [0.2, 0.25) is 5.82 Å². The molecule has 7 nitrogen and oxygen atoms in total. The predicted octanol–water partition coefficient (Wildman–Crippen LogP) is 7.31. The van der Waals surface area contributed by atoms with Crippen molar-refractivity contribution >= 4 is 40.5 Å². The van der Waals surface area contributed by atoms with Crippen LogP contribution in [-0.4, -0.2) is 39.0 Å². The van der Waals surface area contributed by atoms with E-state index in [1.165, 1.54) is 5.56 Å². The van der Waals surface area contributed by atoms with Crippen LogP contribution in [0, 0.1) is 11.8 Å². The number of hydrogen-bond donors (Lipinski definition) is 1. The summed E-state index contributed by atoms with van der Waals surface area (Å²) >= 11 is 19.8. The first-order chi connectivity index (χ1) is 19.1. The predicted molar refractivity (Wildman–Crippen MR) is 151 cm³/mol. The second-order valence-corrected chi connectivity index (χ2v) is 11.6. The maximum absolute atomic E-state index is 6.77. The fourth-order valence-corrected chi connectivity index (χ4v) is 6.46. The zero-order valence-corrected chi connectivity index (χ0v) is 23.0. The van der Waals surface area contributed by atoms with Crippen molar-refractivity contribution < 1.29 is 9.57 Å². The quantitative estimate of drug-likeness (QED) is 0.236. The van der Waals surface area contributed by atoms with Crippen LogP contribution in [0.5, 0.6) is 5.75 Å². The topological polar surface area (TPSA) is 85.3 Å². The number of ether oxygens (including phenoxy) is 1. The number of hydrogen-bond acceptors (Lipinski definition) is 6. The molecular weight excluding hydrogens is 557 g/mol. The van der Waals surface area contributed by atoms with Gasteiger partial charge in [0.05, 0.1) is 16.0 Å². The van der Waals surface area contributed by atoms with Gasteiger partial charge in [-0.1, -0.05) is 76.4 Å². The van der Waals surface area contributed by atoms with Crippen molar-refractivity contribution in [2.75, 3.05) is 6.61 Å². The highest BCUT2D eigenvalue weighted by atomic mass is 35.5. The third-order valence-electron chi connectivity index (χ3n) is 7.86. The van der Waals surface area contributed by atoms with Crippen molar-refractivity contribution in [2.45, 2.75) is 37.2 Å². The van der Waals surface area contributed by atoms with E-state index < -0.39 is 0 Å². The van der Waals surface area contributed by atoms with Crippen molar-refractivity contribution in [3.05, 3.63) is 92.4 Å². The molecule has 1 aliphatic heterocycles. The molecule has 2 heterocycles. The van der Waals surface area contributed by atoms with E-state index in [-0.39, 0.29) is 12.0 Å². The summed E-state index contributed by atoms with van der Waals surface area (Å²) in [5.41, 5.74) is 4.82. The minimum absolute atomic E-state index is 0.0410. The van der Waals surface area contributed by atoms with Crippen LogP contribution in [-0.2, 0) is 4.84 Å². The molecule has 1 N–H and O–H groups in total. The summed E-state index contributed by atoms with van der Waals surface area (Å²) in [6, 6.07) is 19.8. The van der Waals surface area contributed by atoms with Gasteiger partial charge in [0.1, 0.15) is 24.2 Å². The Bertz CT molecular complexity index is 1520. The molecule has 4 aromatic rings. The molecule has 2 saturated carbocycles. The normalized spacial score (nSPS) is 23.8. The lowest BCUT2D eigenvalue weighted by atomic mass is 9.90. The van der Waals surface area contributed by atoms with Gasteiger partial charge in [-0.25, -0.2) is 0 Å². The Morgan fingerprint density at radius 2 is 1.72 bits per heavy atom. The van der Waals surface area contributed by atoms with Gasteiger partial charge in [-0.2, -0.15) is 5.21 Å². The molecular formula is C29H24Cl3N5O2. The van der Waals surface area contributed by atoms with Crippen molar-refractivity contribution in [2.24, 2.45) is 17.0 Å². The Balaban J connectivity index is 1.04. The Kier molecular flexibility index (Phi) is 6.46. The van der Waals surface area contributed by atoms with Gasteiger partial charge in [0.25, 0.3) is 0 Å². The standard InChI is InChI=1S/C29H24Cl3N5O2/c30-23-2-1-3-24(31)26(23)27-22(28(39-35-27)16-6-7-16)14-38-18-10-11-19(25(32)12-18)21-13-20(21)15-4-8-17(9-5-15)29-33-36-37-34-29/h1-5,8-12,16,20-22,28H,6-7,13-14H2,(H,33,34,36,37). The fourth-order valence-electron chi connectivity index (χ4n) is 5.56. The zero-order valence-electron chi connectivity index (χ0n) is 20.7. The molecule has 39 heavy (non-hydrogen) atoms. The first-order valence-corrected chi connectivity index (χ1v) is 14.1. The number of rotatable bonds is 8. The summed E-state index contributed by atoms with van der Waals surface area (Å²) in [4.78, 5) is 5.87. The number of nitrogens with one attached hydrogen (secondary N) is 1. The molecule has 3 aliphatic rings. The number of nitrogens with zero attached hydrogens (tertiary/aromatic N) is 4. The Labute approximate surface area is 240 Å². The molecule has 4 atom stereocenters. The molecule has 0 bridgehead atoms. The molecule has 10 heteroatoms. The second-order valence-electron chi connectivity index (χ2n) is 10.4. The van der Waals surface area contributed by atoms with E-state index in [4.69, 9.17) is 44.4 Å². The van der Waals surface area contributed by atoms with Gasteiger partial charge in [0.15, 0.2) is 0 Å². The molecule has 0 radical (unpaired) electrons. The number of halogens is 3. The van der Waals surface area contributed by atoms with Crippen molar-refractivity contribution in [3.8, 4) is 17.1 Å². The van der Waals surface area contributed by atoms with E-state index in [2.05, 4.69) is 44.0 Å². The van der Waals surface area contributed by atoms with Crippen molar-refractivity contribution in [3.63, 3.8) is 0 Å². The van der Waals surface area contributed by atoms with Crippen LogP contribution in [0.2, 0.25) is 15.1 Å². The number of benzene rings is 3. The van der Waals surface area contributed by atoms with Crippen LogP contribution in [0.4, 0.5) is 0 Å². The monoisotopic (exact) mass is 579 g/mol. The highest BCUT2D eigenvalue weighted by molar-refractivity contribution is 6.40. The van der Waals surface area contributed by atoms with Crippen molar-refractivity contribution in [1.82, 2.24) is 20.6 Å². The van der Waals surface area contributed by atoms with E-state index in [0.717, 1.165) is 47.4 Å². The molecule has 2 fully saturated rings. The average Bonchev–Trinajstić information content (AvgIpc) is 3.84. The highest BCUT2D eigenvalue weighted by Gasteiger charge is 2.46. The summed E-state index contributed by atoms with van der Waals surface area (Å²) in [7, 11) is 0. The van der Waals surface area contributed by atoms with Gasteiger partial charge in [-0.3, -0.25) is 0 Å².